The number of alkyl halides is 6. The van der Waals surface area contributed by atoms with Crippen molar-refractivity contribution in [2.45, 2.75) is 49.7 Å². The molecular weight excluding hydrogens is 316 g/mol. The summed E-state index contributed by atoms with van der Waals surface area (Å²) >= 11 is 0. The molecule has 1 N–H and O–H groups in total. The van der Waals surface area contributed by atoms with Crippen LogP contribution in [-0.2, 0) is 12.6 Å². The van der Waals surface area contributed by atoms with Crippen LogP contribution in [0.5, 0.6) is 5.88 Å². The fourth-order valence-corrected chi connectivity index (χ4v) is 2.66. The smallest absolute Gasteiger partial charge is 0.418 e. The topological polar surface area (TPSA) is 42.4 Å². The molecule has 0 aliphatic heterocycles. The van der Waals surface area contributed by atoms with Crippen LogP contribution >= 0.6 is 0 Å². The minimum Gasteiger partial charge on any atom is -0.474 e. The SMILES string of the molecule is O[C@H]1c2c(C(F)(F)F)cnc(O[C@H]3C[C@H](F)C3)c2CC1(F)F. The molecule has 0 amide bonds. The van der Waals surface area contributed by atoms with E-state index in [4.69, 9.17) is 4.74 Å². The van der Waals surface area contributed by atoms with Crippen molar-refractivity contribution in [1.29, 1.82) is 0 Å². The number of ether oxygens (including phenoxy) is 1. The molecule has 0 radical (unpaired) electrons. The van der Waals surface area contributed by atoms with E-state index in [-0.39, 0.29) is 12.8 Å². The highest BCUT2D eigenvalue weighted by Gasteiger charge is 2.53. The quantitative estimate of drug-likeness (QED) is 0.848. The molecule has 3 nitrogen and oxygen atoms in total. The third-order valence-corrected chi connectivity index (χ3v) is 3.89. The van der Waals surface area contributed by atoms with Crippen molar-refractivity contribution < 1.29 is 36.2 Å². The summed E-state index contributed by atoms with van der Waals surface area (Å²) in [5.41, 5.74) is -2.77. The van der Waals surface area contributed by atoms with E-state index in [0.29, 0.717) is 6.20 Å². The average molecular weight is 327 g/mol. The van der Waals surface area contributed by atoms with Crippen molar-refractivity contribution in [3.8, 4) is 5.88 Å². The van der Waals surface area contributed by atoms with Crippen molar-refractivity contribution in [3.63, 3.8) is 0 Å². The Labute approximate surface area is 120 Å². The second-order valence-electron chi connectivity index (χ2n) is 5.52. The highest BCUT2D eigenvalue weighted by molar-refractivity contribution is 5.48. The Balaban J connectivity index is 2.02. The number of aliphatic hydroxyl groups is 1. The number of aliphatic hydroxyl groups excluding tert-OH is 1. The van der Waals surface area contributed by atoms with Crippen LogP contribution in [0.2, 0.25) is 0 Å². The Morgan fingerprint density at radius 1 is 1.27 bits per heavy atom. The van der Waals surface area contributed by atoms with Crippen molar-refractivity contribution in [2.75, 3.05) is 0 Å². The lowest BCUT2D eigenvalue weighted by atomic mass is 9.93. The lowest BCUT2D eigenvalue weighted by Gasteiger charge is -2.30. The van der Waals surface area contributed by atoms with Gasteiger partial charge in [0.1, 0.15) is 18.4 Å². The summed E-state index contributed by atoms with van der Waals surface area (Å²) in [6.07, 6.45) is -9.81. The lowest BCUT2D eigenvalue weighted by molar-refractivity contribution is -0.142. The fourth-order valence-electron chi connectivity index (χ4n) is 2.66. The van der Waals surface area contributed by atoms with Gasteiger partial charge in [0.2, 0.25) is 5.88 Å². The van der Waals surface area contributed by atoms with E-state index in [1.54, 1.807) is 0 Å². The van der Waals surface area contributed by atoms with E-state index in [0.717, 1.165) is 0 Å². The molecule has 1 heterocycles. The number of nitrogens with zero attached hydrogens (tertiary/aromatic N) is 1. The predicted molar refractivity (Wildman–Crippen MR) is 61.4 cm³/mol. The number of rotatable bonds is 2. The maximum atomic E-state index is 13.6. The van der Waals surface area contributed by atoms with Gasteiger partial charge in [0, 0.05) is 36.6 Å². The van der Waals surface area contributed by atoms with Gasteiger partial charge in [0.15, 0.2) is 0 Å². The number of fused-ring (bicyclic) bond motifs is 1. The van der Waals surface area contributed by atoms with E-state index in [1.165, 1.54) is 0 Å². The number of halogens is 6. The molecule has 2 aliphatic carbocycles. The largest absolute Gasteiger partial charge is 0.474 e. The molecule has 1 aromatic rings. The average Bonchev–Trinajstić information content (AvgIpc) is 2.58. The van der Waals surface area contributed by atoms with Gasteiger partial charge in [-0.15, -0.1) is 0 Å². The molecule has 122 valence electrons. The molecule has 0 unspecified atom stereocenters. The maximum absolute atomic E-state index is 13.6. The van der Waals surface area contributed by atoms with Crippen LogP contribution in [0, 0.1) is 0 Å². The standard InChI is InChI=1S/C13H11F6NO2/c14-5-1-6(2-5)22-11-7-3-12(15,16)10(21)9(7)8(4-20-11)13(17,18)19/h4-6,10,21H,1-3H2/t5-,6-,10-/m0/s1. The monoisotopic (exact) mass is 327 g/mol. The van der Waals surface area contributed by atoms with E-state index in [1.807, 2.05) is 0 Å². The first-order chi connectivity index (χ1) is 10.1. The molecule has 3 rings (SSSR count). The molecule has 22 heavy (non-hydrogen) atoms. The van der Waals surface area contributed by atoms with Crippen molar-refractivity contribution in [3.05, 3.63) is 22.9 Å². The van der Waals surface area contributed by atoms with Gasteiger partial charge in [0.25, 0.3) is 5.92 Å². The molecule has 0 bridgehead atoms. The van der Waals surface area contributed by atoms with Gasteiger partial charge in [-0.25, -0.2) is 18.2 Å². The zero-order valence-electron chi connectivity index (χ0n) is 11.0. The first-order valence-corrected chi connectivity index (χ1v) is 6.55. The summed E-state index contributed by atoms with van der Waals surface area (Å²) in [5, 5.41) is 9.53. The predicted octanol–water partition coefficient (Wildman–Crippen LogP) is 3.20. The second kappa shape index (κ2) is 4.74. The molecule has 1 fully saturated rings. The molecule has 2 aliphatic rings. The third kappa shape index (κ3) is 2.41. The molecule has 1 aromatic heterocycles. The van der Waals surface area contributed by atoms with Gasteiger partial charge >= 0.3 is 6.18 Å². The summed E-state index contributed by atoms with van der Waals surface area (Å²) in [6.45, 7) is 0. The minimum atomic E-state index is -4.92. The molecule has 0 saturated heterocycles. The summed E-state index contributed by atoms with van der Waals surface area (Å²) in [7, 11) is 0. The van der Waals surface area contributed by atoms with Crippen LogP contribution in [0.4, 0.5) is 26.3 Å². The lowest BCUT2D eigenvalue weighted by Crippen LogP contribution is -2.35. The van der Waals surface area contributed by atoms with Gasteiger partial charge in [-0.1, -0.05) is 0 Å². The van der Waals surface area contributed by atoms with Crippen LogP contribution in [0.1, 0.15) is 35.6 Å². The van der Waals surface area contributed by atoms with E-state index >= 15 is 0 Å². The maximum Gasteiger partial charge on any atom is 0.418 e. The highest BCUT2D eigenvalue weighted by atomic mass is 19.4. The summed E-state index contributed by atoms with van der Waals surface area (Å²) in [4.78, 5) is 3.45. The fraction of sp³-hybridized carbons (Fsp3) is 0.615. The number of aromatic nitrogens is 1. The Hall–Kier alpha value is -1.51. The summed E-state index contributed by atoms with van der Waals surface area (Å²) < 4.78 is 83.9. The Kier molecular flexibility index (Phi) is 3.32. The van der Waals surface area contributed by atoms with Crippen molar-refractivity contribution >= 4 is 0 Å². The van der Waals surface area contributed by atoms with Gasteiger partial charge in [0.05, 0.1) is 5.56 Å². The Bertz CT molecular complexity index is 597. The number of pyridine rings is 1. The Morgan fingerprint density at radius 2 is 1.91 bits per heavy atom. The van der Waals surface area contributed by atoms with E-state index < -0.39 is 59.5 Å². The van der Waals surface area contributed by atoms with Crippen LogP contribution in [0.25, 0.3) is 0 Å². The first kappa shape index (κ1) is 15.4. The number of hydrogen-bond acceptors (Lipinski definition) is 3. The van der Waals surface area contributed by atoms with Crippen LogP contribution < -0.4 is 4.74 Å². The second-order valence-corrected chi connectivity index (χ2v) is 5.52. The summed E-state index contributed by atoms with van der Waals surface area (Å²) in [6, 6.07) is 0. The molecule has 1 atom stereocenters. The Morgan fingerprint density at radius 3 is 2.45 bits per heavy atom. The zero-order valence-corrected chi connectivity index (χ0v) is 11.0. The van der Waals surface area contributed by atoms with Gasteiger partial charge < -0.3 is 9.84 Å². The van der Waals surface area contributed by atoms with E-state index in [9.17, 15) is 31.4 Å². The molecule has 0 spiro atoms. The number of hydrogen-bond donors (Lipinski definition) is 1. The van der Waals surface area contributed by atoms with Crippen LogP contribution in [0.15, 0.2) is 6.20 Å². The minimum absolute atomic E-state index is 0.0381. The molecule has 9 heteroatoms. The van der Waals surface area contributed by atoms with Crippen LogP contribution in [0.3, 0.4) is 0 Å². The molecule has 1 saturated carbocycles. The van der Waals surface area contributed by atoms with Crippen molar-refractivity contribution in [2.24, 2.45) is 0 Å². The van der Waals surface area contributed by atoms with Crippen LogP contribution in [-0.4, -0.2) is 28.3 Å². The van der Waals surface area contributed by atoms with Gasteiger partial charge in [-0.2, -0.15) is 13.2 Å². The molecular formula is C13H11F6NO2. The first-order valence-electron chi connectivity index (χ1n) is 6.55. The highest BCUT2D eigenvalue weighted by Crippen LogP contribution is 2.50. The zero-order chi connectivity index (χ0) is 16.3. The normalized spacial score (nSPS) is 29.9. The van der Waals surface area contributed by atoms with Gasteiger partial charge in [-0.05, 0) is 0 Å². The molecule has 0 aromatic carbocycles. The van der Waals surface area contributed by atoms with E-state index in [2.05, 4.69) is 4.98 Å². The summed E-state index contributed by atoms with van der Waals surface area (Å²) in [5.74, 6) is -4.12. The van der Waals surface area contributed by atoms with Gasteiger partial charge in [-0.3, -0.25) is 0 Å². The third-order valence-electron chi connectivity index (χ3n) is 3.89. The van der Waals surface area contributed by atoms with Crippen molar-refractivity contribution in [1.82, 2.24) is 4.98 Å².